The third-order valence-corrected chi connectivity index (χ3v) is 3.92. The molecule has 0 fully saturated rings. The number of carbonyl (C=O) groups excluding carboxylic acids is 2. The Kier molecular flexibility index (Phi) is 4.51. The zero-order chi connectivity index (χ0) is 29.4. The molecule has 0 aliphatic carbocycles. The smallest absolute Gasteiger partial charge is 0.417 e. The molecule has 1 aromatic heterocycles. The summed E-state index contributed by atoms with van der Waals surface area (Å²) < 4.78 is 101. The summed E-state index contributed by atoms with van der Waals surface area (Å²) in [5, 5.41) is 5.70. The van der Waals surface area contributed by atoms with E-state index in [1.807, 2.05) is 5.32 Å². The Balaban J connectivity index is 1.97. The molecule has 7 nitrogen and oxygen atoms in total. The quantitative estimate of drug-likeness (QED) is 0.455. The molecule has 0 aliphatic heterocycles. The topological polar surface area (TPSA) is 92.3 Å². The van der Waals surface area contributed by atoms with Crippen LogP contribution in [-0.2, 0) is 6.18 Å². The van der Waals surface area contributed by atoms with Crippen LogP contribution in [0.15, 0.2) is 60.6 Å². The fraction of sp³-hybridized carbons (Fsp3) is 0.0952. The predicted molar refractivity (Wildman–Crippen MR) is 113 cm³/mol. The summed E-state index contributed by atoms with van der Waals surface area (Å²) in [6.45, 7) is 0. The SMILES string of the molecule is [2H]c1nc(C(=O)NC)c([2H])c(Oc2c([2H])c([2H])c(NC(=O)Nc3ccc(Cl)c(C(F)(F)F)c3)c([2H])c2[2H])c1[2H]. The summed E-state index contributed by atoms with van der Waals surface area (Å²) in [7, 11) is 1.23. The maximum atomic E-state index is 13.1. The van der Waals surface area contributed by atoms with Crippen molar-refractivity contribution in [1.82, 2.24) is 10.3 Å². The number of anilines is 2. The number of pyridine rings is 1. The fourth-order valence-corrected chi connectivity index (χ4v) is 2.42. The number of halogens is 4. The first-order chi connectivity index (χ1) is 18.1. The zero-order valence-corrected chi connectivity index (χ0v) is 16.7. The van der Waals surface area contributed by atoms with E-state index in [0.717, 1.165) is 12.1 Å². The van der Waals surface area contributed by atoms with Gasteiger partial charge >= 0.3 is 12.2 Å². The second-order valence-electron chi connectivity index (χ2n) is 5.81. The summed E-state index contributed by atoms with van der Waals surface area (Å²) in [4.78, 5) is 27.9. The lowest BCUT2D eigenvalue weighted by Gasteiger charge is -2.12. The molecule has 0 atom stereocenters. The number of alkyl halides is 3. The van der Waals surface area contributed by atoms with Crippen molar-refractivity contribution in [3.63, 3.8) is 0 Å². The molecule has 3 amide bonds. The molecule has 0 aliphatic rings. The number of aromatic nitrogens is 1. The van der Waals surface area contributed by atoms with E-state index in [0.29, 0.717) is 6.07 Å². The van der Waals surface area contributed by atoms with E-state index in [2.05, 4.69) is 15.6 Å². The van der Waals surface area contributed by atoms with Gasteiger partial charge < -0.3 is 20.7 Å². The number of carbonyl (C=O) groups is 2. The highest BCUT2D eigenvalue weighted by molar-refractivity contribution is 6.31. The van der Waals surface area contributed by atoms with Crippen LogP contribution in [0, 0.1) is 0 Å². The molecule has 32 heavy (non-hydrogen) atoms. The van der Waals surface area contributed by atoms with E-state index in [9.17, 15) is 22.8 Å². The lowest BCUT2D eigenvalue weighted by molar-refractivity contribution is -0.137. The first-order valence-corrected chi connectivity index (χ1v) is 8.89. The molecule has 166 valence electrons. The molecule has 2 aromatic carbocycles. The number of nitrogens with one attached hydrogen (secondary N) is 3. The van der Waals surface area contributed by atoms with Crippen LogP contribution < -0.4 is 20.7 Å². The van der Waals surface area contributed by atoms with Gasteiger partial charge in [-0.05, 0) is 48.4 Å². The highest BCUT2D eigenvalue weighted by Crippen LogP contribution is 2.36. The minimum absolute atomic E-state index is 0.332. The second kappa shape index (κ2) is 9.56. The number of rotatable bonds is 5. The van der Waals surface area contributed by atoms with Gasteiger partial charge in [-0.2, -0.15) is 13.2 Å². The van der Waals surface area contributed by atoms with Gasteiger partial charge in [-0.15, -0.1) is 0 Å². The van der Waals surface area contributed by atoms with E-state index in [-0.39, 0.29) is 5.69 Å². The van der Waals surface area contributed by atoms with E-state index in [4.69, 9.17) is 25.9 Å². The molecule has 1 heterocycles. The van der Waals surface area contributed by atoms with Crippen LogP contribution in [0.4, 0.5) is 29.3 Å². The molecule has 11 heteroatoms. The van der Waals surface area contributed by atoms with Crippen LogP contribution in [0.25, 0.3) is 0 Å². The van der Waals surface area contributed by atoms with Crippen LogP contribution in [-0.4, -0.2) is 24.0 Å². The van der Waals surface area contributed by atoms with E-state index in [1.54, 1.807) is 0 Å². The average molecular weight is 472 g/mol. The van der Waals surface area contributed by atoms with E-state index in [1.165, 1.54) is 7.05 Å². The first kappa shape index (κ1) is 15.1. The number of hydrogen-bond acceptors (Lipinski definition) is 4. The molecule has 0 spiro atoms. The number of ether oxygens (including phenoxy) is 1. The van der Waals surface area contributed by atoms with Crippen molar-refractivity contribution >= 4 is 34.9 Å². The van der Waals surface area contributed by atoms with Gasteiger partial charge in [0.05, 0.1) is 20.2 Å². The molecular formula is C21H16ClF3N4O3. The summed E-state index contributed by atoms with van der Waals surface area (Å²) in [5.41, 5.74) is -2.81. The van der Waals surface area contributed by atoms with Crippen LogP contribution >= 0.6 is 11.6 Å². The van der Waals surface area contributed by atoms with Gasteiger partial charge in [-0.1, -0.05) is 11.6 Å². The second-order valence-corrected chi connectivity index (χ2v) is 6.22. The molecule has 0 saturated heterocycles. The Labute approximate surface area is 195 Å². The molecule has 0 unspecified atom stereocenters. The minimum Gasteiger partial charge on any atom is -0.457 e. The molecule has 3 aromatic rings. The number of amides is 3. The normalized spacial score (nSPS) is 14.0. The van der Waals surface area contributed by atoms with Gasteiger partial charge in [0.1, 0.15) is 17.2 Å². The van der Waals surface area contributed by atoms with Crippen molar-refractivity contribution in [3.8, 4) is 11.5 Å². The van der Waals surface area contributed by atoms with Crippen LogP contribution in [0.2, 0.25) is 5.02 Å². The third kappa shape index (κ3) is 5.88. The lowest BCUT2D eigenvalue weighted by atomic mass is 10.2. The van der Waals surface area contributed by atoms with Crippen molar-refractivity contribution < 1.29 is 37.1 Å². The Morgan fingerprint density at radius 2 is 1.75 bits per heavy atom. The lowest BCUT2D eigenvalue weighted by Crippen LogP contribution is -2.19. The monoisotopic (exact) mass is 471 g/mol. The van der Waals surface area contributed by atoms with Crippen LogP contribution in [0.3, 0.4) is 0 Å². The van der Waals surface area contributed by atoms with Gasteiger partial charge in [-0.25, -0.2) is 4.79 Å². The van der Waals surface area contributed by atoms with Crippen molar-refractivity contribution in [1.29, 1.82) is 0 Å². The van der Waals surface area contributed by atoms with Gasteiger partial charge in [0.2, 0.25) is 0 Å². The maximum Gasteiger partial charge on any atom is 0.417 e. The van der Waals surface area contributed by atoms with Gasteiger partial charge in [-0.3, -0.25) is 9.78 Å². The van der Waals surface area contributed by atoms with E-state index >= 15 is 0 Å². The largest absolute Gasteiger partial charge is 0.457 e. The standard InChI is InChI=1S/C21H16ClF3N4O3/c1-26-19(30)18-11-15(8-9-27-18)32-14-5-2-12(3-6-14)28-20(31)29-13-4-7-17(22)16(10-13)21(23,24)25/h2-11H,1H3,(H,26,30)(H2,28,29,31)/i2D,3D,5D,6D,8D,9D,11D. The van der Waals surface area contributed by atoms with Crippen LogP contribution in [0.5, 0.6) is 11.5 Å². The molecule has 3 rings (SSSR count). The fourth-order valence-electron chi connectivity index (χ4n) is 2.19. The molecule has 3 N–H and O–H groups in total. The third-order valence-electron chi connectivity index (χ3n) is 3.59. The number of hydrogen-bond donors (Lipinski definition) is 3. The molecule has 0 saturated carbocycles. The highest BCUT2D eigenvalue weighted by Gasteiger charge is 2.33. The Morgan fingerprint density at radius 1 is 1.06 bits per heavy atom. The maximum absolute atomic E-state index is 13.1. The Morgan fingerprint density at radius 3 is 2.41 bits per heavy atom. The van der Waals surface area contributed by atoms with Crippen molar-refractivity contribution in [2.75, 3.05) is 17.7 Å². The van der Waals surface area contributed by atoms with Crippen molar-refractivity contribution in [2.24, 2.45) is 0 Å². The van der Waals surface area contributed by atoms with Gasteiger partial charge in [0.25, 0.3) is 5.91 Å². The predicted octanol–water partition coefficient (Wildman–Crippen LogP) is 5.55. The summed E-state index contributed by atoms with van der Waals surface area (Å²) >= 11 is 5.55. The molecular weight excluding hydrogens is 449 g/mol. The zero-order valence-electron chi connectivity index (χ0n) is 22.9. The molecule has 0 radical (unpaired) electrons. The minimum atomic E-state index is -4.81. The van der Waals surface area contributed by atoms with Crippen LogP contribution in [0.1, 0.15) is 25.6 Å². The number of nitrogens with zero attached hydrogens (tertiary/aromatic N) is 1. The average Bonchev–Trinajstić information content (AvgIpc) is 2.87. The Bertz CT molecular complexity index is 1480. The van der Waals surface area contributed by atoms with E-state index < -0.39 is 94.0 Å². The summed E-state index contributed by atoms with van der Waals surface area (Å²) in [5.74, 6) is -2.42. The van der Waals surface area contributed by atoms with Crippen molar-refractivity contribution in [3.05, 3.63) is 76.9 Å². The molecule has 0 bridgehead atoms. The first-order valence-electron chi connectivity index (χ1n) is 12.0. The number of urea groups is 1. The summed E-state index contributed by atoms with van der Waals surface area (Å²) in [6, 6.07) is -3.64. The van der Waals surface area contributed by atoms with Gasteiger partial charge in [0, 0.05) is 30.6 Å². The van der Waals surface area contributed by atoms with Gasteiger partial charge in [0.15, 0.2) is 0 Å². The number of benzene rings is 2. The highest BCUT2D eigenvalue weighted by atomic mass is 35.5. The van der Waals surface area contributed by atoms with Crippen molar-refractivity contribution in [2.45, 2.75) is 6.18 Å². The Hall–Kier alpha value is -3.79. The summed E-state index contributed by atoms with van der Waals surface area (Å²) in [6.07, 6.45) is -5.57.